The quantitative estimate of drug-likeness (QED) is 0.736. The summed E-state index contributed by atoms with van der Waals surface area (Å²) in [5.74, 6) is 2.21. The fourth-order valence-electron chi connectivity index (χ4n) is 2.72. The fraction of sp³-hybridized carbons (Fsp3) is 0.167. The molecule has 0 radical (unpaired) electrons. The number of benzene rings is 2. The van der Waals surface area contributed by atoms with Crippen molar-refractivity contribution in [2.75, 3.05) is 21.0 Å². The van der Waals surface area contributed by atoms with Gasteiger partial charge < -0.3 is 23.4 Å². The summed E-state index contributed by atoms with van der Waals surface area (Å²) < 4.78 is 26.9. The Hall–Kier alpha value is -3.15. The van der Waals surface area contributed by atoms with Crippen molar-refractivity contribution in [2.45, 2.75) is 0 Å². The van der Waals surface area contributed by atoms with Crippen molar-refractivity contribution in [3.05, 3.63) is 46.8 Å². The molecule has 0 amide bonds. The number of ether oxygens (including phenoxy) is 4. The Kier molecular flexibility index (Phi) is 3.30. The van der Waals surface area contributed by atoms with Crippen LogP contribution >= 0.6 is 0 Å². The molecule has 6 heteroatoms. The molecule has 0 bridgehead atoms. The average Bonchev–Trinajstić information content (AvgIpc) is 3.09. The topological polar surface area (TPSA) is 67.1 Å². The Morgan fingerprint density at radius 3 is 2.71 bits per heavy atom. The lowest BCUT2D eigenvalue weighted by Gasteiger charge is -2.08. The smallest absolute Gasteiger partial charge is 0.231 e. The molecule has 0 aliphatic carbocycles. The van der Waals surface area contributed by atoms with Crippen LogP contribution < -0.4 is 24.4 Å². The van der Waals surface area contributed by atoms with Gasteiger partial charge in [0.1, 0.15) is 17.6 Å². The minimum absolute atomic E-state index is 0.126. The molecule has 6 nitrogen and oxygen atoms in total. The maximum Gasteiger partial charge on any atom is 0.231 e. The van der Waals surface area contributed by atoms with Crippen molar-refractivity contribution in [3.63, 3.8) is 0 Å². The minimum atomic E-state index is -0.139. The van der Waals surface area contributed by atoms with E-state index >= 15 is 0 Å². The SMILES string of the molecule is COc1ccc2c(=O)c(-c3cc(OC)c4c(c3)OCO4)coc2c1. The van der Waals surface area contributed by atoms with Gasteiger partial charge in [-0.25, -0.2) is 0 Å². The van der Waals surface area contributed by atoms with Crippen LogP contribution in [0, 0.1) is 0 Å². The molecular weight excluding hydrogens is 312 g/mol. The van der Waals surface area contributed by atoms with Crippen LogP contribution in [0.2, 0.25) is 0 Å². The average molecular weight is 326 g/mol. The van der Waals surface area contributed by atoms with Crippen LogP contribution in [0.5, 0.6) is 23.0 Å². The molecule has 4 rings (SSSR count). The van der Waals surface area contributed by atoms with Crippen LogP contribution in [-0.4, -0.2) is 21.0 Å². The van der Waals surface area contributed by atoms with Gasteiger partial charge in [0.05, 0.1) is 25.2 Å². The molecule has 3 aromatic rings. The van der Waals surface area contributed by atoms with Crippen molar-refractivity contribution >= 4 is 11.0 Å². The third-order valence-corrected chi connectivity index (χ3v) is 3.95. The largest absolute Gasteiger partial charge is 0.497 e. The summed E-state index contributed by atoms with van der Waals surface area (Å²) in [6.07, 6.45) is 1.43. The second kappa shape index (κ2) is 5.49. The van der Waals surface area contributed by atoms with Crippen LogP contribution in [0.1, 0.15) is 0 Å². The van der Waals surface area contributed by atoms with E-state index in [2.05, 4.69) is 0 Å². The lowest BCUT2D eigenvalue weighted by molar-refractivity contribution is 0.171. The highest BCUT2D eigenvalue weighted by atomic mass is 16.7. The molecule has 1 aromatic heterocycles. The van der Waals surface area contributed by atoms with E-state index in [4.69, 9.17) is 23.4 Å². The number of fused-ring (bicyclic) bond motifs is 2. The lowest BCUT2D eigenvalue weighted by atomic mass is 10.0. The summed E-state index contributed by atoms with van der Waals surface area (Å²) in [5.41, 5.74) is 1.39. The molecule has 1 aliphatic rings. The van der Waals surface area contributed by atoms with Gasteiger partial charge in [-0.05, 0) is 29.8 Å². The Morgan fingerprint density at radius 2 is 1.92 bits per heavy atom. The molecule has 2 aromatic carbocycles. The maximum absolute atomic E-state index is 12.8. The van der Waals surface area contributed by atoms with Crippen LogP contribution in [0.3, 0.4) is 0 Å². The van der Waals surface area contributed by atoms with Crippen LogP contribution in [-0.2, 0) is 0 Å². The number of hydrogen-bond acceptors (Lipinski definition) is 6. The van der Waals surface area contributed by atoms with Gasteiger partial charge in [0.15, 0.2) is 16.9 Å². The predicted molar refractivity (Wildman–Crippen MR) is 87.1 cm³/mol. The number of rotatable bonds is 3. The van der Waals surface area contributed by atoms with Gasteiger partial charge in [-0.2, -0.15) is 0 Å². The molecule has 0 N–H and O–H groups in total. The monoisotopic (exact) mass is 326 g/mol. The molecule has 1 aliphatic heterocycles. The summed E-state index contributed by atoms with van der Waals surface area (Å²) in [6, 6.07) is 8.57. The lowest BCUT2D eigenvalue weighted by Crippen LogP contribution is -2.05. The number of methoxy groups -OCH3 is 2. The fourth-order valence-corrected chi connectivity index (χ4v) is 2.72. The van der Waals surface area contributed by atoms with Crippen molar-refractivity contribution in [3.8, 4) is 34.1 Å². The minimum Gasteiger partial charge on any atom is -0.497 e. The van der Waals surface area contributed by atoms with Crippen molar-refractivity contribution in [1.82, 2.24) is 0 Å². The third-order valence-electron chi connectivity index (χ3n) is 3.95. The summed E-state index contributed by atoms with van der Waals surface area (Å²) >= 11 is 0. The zero-order valence-corrected chi connectivity index (χ0v) is 13.1. The number of hydrogen-bond donors (Lipinski definition) is 0. The van der Waals surface area contributed by atoms with E-state index < -0.39 is 0 Å². The van der Waals surface area contributed by atoms with Crippen molar-refractivity contribution in [1.29, 1.82) is 0 Å². The Bertz CT molecular complexity index is 989. The highest BCUT2D eigenvalue weighted by Gasteiger charge is 2.22. The molecule has 0 atom stereocenters. The molecule has 122 valence electrons. The van der Waals surface area contributed by atoms with E-state index in [0.29, 0.717) is 45.1 Å². The molecular formula is C18H14O6. The van der Waals surface area contributed by atoms with Gasteiger partial charge in [-0.15, -0.1) is 0 Å². The molecule has 0 saturated carbocycles. The summed E-state index contributed by atoms with van der Waals surface area (Å²) in [4.78, 5) is 12.8. The second-order valence-electron chi connectivity index (χ2n) is 5.25. The zero-order chi connectivity index (χ0) is 16.7. The van der Waals surface area contributed by atoms with Crippen LogP contribution in [0.15, 0.2) is 45.8 Å². The van der Waals surface area contributed by atoms with Crippen LogP contribution in [0.25, 0.3) is 22.1 Å². The van der Waals surface area contributed by atoms with Gasteiger partial charge in [-0.3, -0.25) is 4.79 Å². The summed E-state index contributed by atoms with van der Waals surface area (Å²) in [5, 5.41) is 0.477. The molecule has 0 fully saturated rings. The van der Waals surface area contributed by atoms with Gasteiger partial charge in [-0.1, -0.05) is 0 Å². The highest BCUT2D eigenvalue weighted by Crippen LogP contribution is 2.43. The Balaban J connectivity index is 1.91. The zero-order valence-electron chi connectivity index (χ0n) is 13.1. The van der Waals surface area contributed by atoms with Crippen molar-refractivity contribution in [2.24, 2.45) is 0 Å². The molecule has 0 unspecified atom stereocenters. The molecule has 0 spiro atoms. The van der Waals surface area contributed by atoms with E-state index in [9.17, 15) is 4.79 Å². The third kappa shape index (κ3) is 2.15. The first-order valence-electron chi connectivity index (χ1n) is 7.29. The normalized spacial score (nSPS) is 12.4. The van der Waals surface area contributed by atoms with E-state index in [1.165, 1.54) is 13.4 Å². The summed E-state index contributed by atoms with van der Waals surface area (Å²) in [7, 11) is 3.10. The first-order valence-corrected chi connectivity index (χ1v) is 7.29. The molecule has 24 heavy (non-hydrogen) atoms. The second-order valence-corrected chi connectivity index (χ2v) is 5.25. The van der Waals surface area contributed by atoms with E-state index in [-0.39, 0.29) is 12.2 Å². The van der Waals surface area contributed by atoms with E-state index in [1.54, 1.807) is 37.4 Å². The van der Waals surface area contributed by atoms with Gasteiger partial charge in [0, 0.05) is 6.07 Å². The molecule has 0 saturated heterocycles. The maximum atomic E-state index is 12.8. The van der Waals surface area contributed by atoms with Gasteiger partial charge >= 0.3 is 0 Å². The van der Waals surface area contributed by atoms with Gasteiger partial charge in [0.25, 0.3) is 0 Å². The van der Waals surface area contributed by atoms with E-state index in [1.807, 2.05) is 0 Å². The van der Waals surface area contributed by atoms with Crippen molar-refractivity contribution < 1.29 is 23.4 Å². The first kappa shape index (κ1) is 14.4. The van der Waals surface area contributed by atoms with E-state index in [0.717, 1.165) is 0 Å². The summed E-state index contributed by atoms with van der Waals surface area (Å²) in [6.45, 7) is 0.126. The Morgan fingerprint density at radius 1 is 1.04 bits per heavy atom. The van der Waals surface area contributed by atoms with Gasteiger partial charge in [0.2, 0.25) is 12.5 Å². The first-order chi connectivity index (χ1) is 11.7. The highest BCUT2D eigenvalue weighted by molar-refractivity contribution is 5.83. The molecule has 2 heterocycles. The standard InChI is InChI=1S/C18H14O6/c1-20-11-3-4-12-14(7-11)22-8-13(17(12)19)10-5-15(21-2)18-16(6-10)23-9-24-18/h3-8H,9H2,1-2H3. The Labute approximate surface area is 137 Å². The predicted octanol–water partition coefficient (Wildman–Crippen LogP) is 3.21. The van der Waals surface area contributed by atoms with Crippen LogP contribution in [0.4, 0.5) is 0 Å².